The van der Waals surface area contributed by atoms with Gasteiger partial charge in [-0.05, 0) is 32.4 Å². The highest BCUT2D eigenvalue weighted by Crippen LogP contribution is 2.31. The molecule has 0 atom stereocenters. The predicted octanol–water partition coefficient (Wildman–Crippen LogP) is 1.77. The molecule has 88 valence electrons. The smallest absolute Gasteiger partial charge is 0.282 e. The van der Waals surface area contributed by atoms with E-state index < -0.39 is 15.0 Å². The van der Waals surface area contributed by atoms with Crippen molar-refractivity contribution in [1.82, 2.24) is 0 Å². The van der Waals surface area contributed by atoms with Gasteiger partial charge in [-0.15, -0.1) is 0 Å². The number of hydrogen-bond acceptors (Lipinski definition) is 4. The van der Waals surface area contributed by atoms with Gasteiger partial charge in [-0.3, -0.25) is 14.7 Å². The summed E-state index contributed by atoms with van der Waals surface area (Å²) in [6.45, 7) is 4.31. The first-order chi connectivity index (χ1) is 7.16. The largest absolute Gasteiger partial charge is 0.295 e. The molecule has 0 saturated heterocycles. The Balaban J connectivity index is 3.79. The van der Waals surface area contributed by atoms with Crippen LogP contribution in [0.1, 0.15) is 16.7 Å². The minimum absolute atomic E-state index is 0.0370. The highest BCUT2D eigenvalue weighted by atomic mass is 32.2. The van der Waals surface area contributed by atoms with Gasteiger partial charge in [-0.1, -0.05) is 0 Å². The van der Waals surface area contributed by atoms with E-state index in [1.807, 2.05) is 0 Å². The van der Waals surface area contributed by atoms with Crippen LogP contribution in [0.2, 0.25) is 0 Å². The topological polar surface area (TPSA) is 97.5 Å². The number of aryl methyl sites for hydroxylation is 2. The summed E-state index contributed by atoms with van der Waals surface area (Å²) in [4.78, 5) is 9.72. The Morgan fingerprint density at radius 2 is 1.75 bits per heavy atom. The van der Waals surface area contributed by atoms with Gasteiger partial charge in [-0.2, -0.15) is 8.42 Å². The Morgan fingerprint density at radius 1 is 1.25 bits per heavy atom. The second kappa shape index (κ2) is 3.84. The van der Waals surface area contributed by atoms with Crippen LogP contribution in [0, 0.1) is 30.9 Å². The molecule has 16 heavy (non-hydrogen) atoms. The zero-order chi connectivity index (χ0) is 12.7. The Hall–Kier alpha value is -1.47. The van der Waals surface area contributed by atoms with Gasteiger partial charge in [0.1, 0.15) is 4.90 Å². The second-order valence-corrected chi connectivity index (χ2v) is 4.90. The molecule has 0 amide bonds. The molecule has 1 rings (SSSR count). The third-order valence-corrected chi connectivity index (χ3v) is 3.45. The molecule has 1 aromatic carbocycles. The van der Waals surface area contributed by atoms with Crippen molar-refractivity contribution in [2.24, 2.45) is 0 Å². The number of nitrogens with zero attached hydrogens (tertiary/aromatic N) is 1. The standard InChI is InChI=1S/C9H11NO5S/c1-5-4-6(2)9(16(13,14)15)7(3)8(5)10(11)12/h4H,1-3H3,(H,13,14,15). The van der Waals surface area contributed by atoms with Gasteiger partial charge >= 0.3 is 0 Å². The van der Waals surface area contributed by atoms with Crippen LogP contribution in [-0.2, 0) is 10.1 Å². The minimum atomic E-state index is -4.44. The van der Waals surface area contributed by atoms with Crippen molar-refractivity contribution in [3.05, 3.63) is 32.9 Å². The summed E-state index contributed by atoms with van der Waals surface area (Å²) in [5.41, 5.74) is 0.346. The van der Waals surface area contributed by atoms with Crippen LogP contribution in [0.15, 0.2) is 11.0 Å². The van der Waals surface area contributed by atoms with Gasteiger partial charge in [0, 0.05) is 11.1 Å². The number of nitro benzene ring substituents is 1. The Morgan fingerprint density at radius 3 is 2.12 bits per heavy atom. The van der Waals surface area contributed by atoms with Crippen LogP contribution in [0.25, 0.3) is 0 Å². The van der Waals surface area contributed by atoms with Crippen molar-refractivity contribution in [3.8, 4) is 0 Å². The van der Waals surface area contributed by atoms with Crippen molar-refractivity contribution in [3.63, 3.8) is 0 Å². The van der Waals surface area contributed by atoms with Gasteiger partial charge in [0.2, 0.25) is 0 Å². The highest BCUT2D eigenvalue weighted by molar-refractivity contribution is 7.86. The van der Waals surface area contributed by atoms with E-state index in [0.717, 1.165) is 0 Å². The van der Waals surface area contributed by atoms with Gasteiger partial charge in [0.05, 0.1) is 4.92 Å². The molecule has 0 heterocycles. The van der Waals surface area contributed by atoms with Crippen molar-refractivity contribution in [1.29, 1.82) is 0 Å². The lowest BCUT2D eigenvalue weighted by Crippen LogP contribution is -2.07. The van der Waals surface area contributed by atoms with E-state index in [4.69, 9.17) is 4.55 Å². The van der Waals surface area contributed by atoms with E-state index in [-0.39, 0.29) is 16.1 Å². The van der Waals surface area contributed by atoms with Crippen LogP contribution < -0.4 is 0 Å². The Labute approximate surface area is 92.8 Å². The third-order valence-electron chi connectivity index (χ3n) is 2.30. The summed E-state index contributed by atoms with van der Waals surface area (Å²) in [5, 5.41) is 10.8. The molecule has 7 heteroatoms. The average molecular weight is 245 g/mol. The lowest BCUT2D eigenvalue weighted by atomic mass is 10.1. The predicted molar refractivity (Wildman–Crippen MR) is 57.1 cm³/mol. The van der Waals surface area contributed by atoms with Gasteiger partial charge in [-0.25, -0.2) is 0 Å². The molecule has 0 aliphatic carbocycles. The van der Waals surface area contributed by atoms with Crippen LogP contribution in [0.5, 0.6) is 0 Å². The SMILES string of the molecule is Cc1cc(C)c(S(=O)(=O)O)c(C)c1[N+](=O)[O-]. The molecule has 1 aromatic rings. The molecule has 0 radical (unpaired) electrons. The van der Waals surface area contributed by atoms with Gasteiger partial charge < -0.3 is 0 Å². The molecule has 0 aromatic heterocycles. The molecule has 0 spiro atoms. The quantitative estimate of drug-likeness (QED) is 0.486. The summed E-state index contributed by atoms with van der Waals surface area (Å²) < 4.78 is 31.2. The normalized spacial score (nSPS) is 11.5. The zero-order valence-electron chi connectivity index (χ0n) is 9.01. The Bertz CT molecular complexity index is 562. The molecule has 0 saturated carbocycles. The maximum absolute atomic E-state index is 11.1. The molecule has 0 unspecified atom stereocenters. The fourth-order valence-corrected chi connectivity index (χ4v) is 2.78. The van der Waals surface area contributed by atoms with E-state index in [1.165, 1.54) is 26.8 Å². The van der Waals surface area contributed by atoms with Crippen LogP contribution in [0.4, 0.5) is 5.69 Å². The molecule has 1 N–H and O–H groups in total. The van der Waals surface area contributed by atoms with Gasteiger partial charge in [0.15, 0.2) is 0 Å². The lowest BCUT2D eigenvalue weighted by molar-refractivity contribution is -0.386. The number of benzene rings is 1. The summed E-state index contributed by atoms with van der Waals surface area (Å²) >= 11 is 0. The fraction of sp³-hybridized carbons (Fsp3) is 0.333. The van der Waals surface area contributed by atoms with E-state index in [2.05, 4.69) is 0 Å². The molecule has 0 aliphatic heterocycles. The molecular formula is C9H11NO5S. The zero-order valence-corrected chi connectivity index (χ0v) is 9.83. The average Bonchev–Trinajstić information content (AvgIpc) is 1.97. The summed E-state index contributed by atoms with van der Waals surface area (Å²) in [6.07, 6.45) is 0. The lowest BCUT2D eigenvalue weighted by Gasteiger charge is -2.09. The van der Waals surface area contributed by atoms with Crippen molar-refractivity contribution < 1.29 is 17.9 Å². The van der Waals surface area contributed by atoms with Crippen molar-refractivity contribution in [2.75, 3.05) is 0 Å². The van der Waals surface area contributed by atoms with Crippen LogP contribution >= 0.6 is 0 Å². The molecule has 0 fully saturated rings. The first-order valence-corrected chi connectivity index (χ1v) is 5.83. The van der Waals surface area contributed by atoms with Crippen LogP contribution in [-0.4, -0.2) is 17.9 Å². The maximum Gasteiger partial charge on any atom is 0.295 e. The van der Waals surface area contributed by atoms with E-state index in [9.17, 15) is 18.5 Å². The third kappa shape index (κ3) is 2.05. The van der Waals surface area contributed by atoms with E-state index in [0.29, 0.717) is 11.1 Å². The highest BCUT2D eigenvalue weighted by Gasteiger charge is 2.25. The van der Waals surface area contributed by atoms with Crippen molar-refractivity contribution >= 4 is 15.8 Å². The molecule has 0 bridgehead atoms. The summed E-state index contributed by atoms with van der Waals surface area (Å²) in [7, 11) is -4.44. The second-order valence-electron chi connectivity index (χ2n) is 3.55. The maximum atomic E-state index is 11.1. The van der Waals surface area contributed by atoms with Crippen LogP contribution in [0.3, 0.4) is 0 Å². The number of hydrogen-bond donors (Lipinski definition) is 1. The van der Waals surface area contributed by atoms with Crippen molar-refractivity contribution in [2.45, 2.75) is 25.7 Å². The van der Waals surface area contributed by atoms with Gasteiger partial charge in [0.25, 0.3) is 15.8 Å². The van der Waals surface area contributed by atoms with E-state index >= 15 is 0 Å². The Kier molecular flexibility index (Phi) is 3.02. The minimum Gasteiger partial charge on any atom is -0.282 e. The summed E-state index contributed by atoms with van der Waals surface area (Å²) in [5.74, 6) is 0. The monoisotopic (exact) mass is 245 g/mol. The fourth-order valence-electron chi connectivity index (χ4n) is 1.84. The molecular weight excluding hydrogens is 234 g/mol. The molecule has 0 aliphatic rings. The first-order valence-electron chi connectivity index (χ1n) is 4.39. The summed E-state index contributed by atoms with van der Waals surface area (Å²) in [6, 6.07) is 1.37. The molecule has 6 nitrogen and oxygen atoms in total. The van der Waals surface area contributed by atoms with E-state index in [1.54, 1.807) is 0 Å². The number of rotatable bonds is 2. The first kappa shape index (κ1) is 12.6. The number of nitro groups is 1.